The Labute approximate surface area is 126 Å². The number of pyridine rings is 1. The number of nitrogens with zero attached hydrogens (tertiary/aromatic N) is 2. The van der Waals surface area contributed by atoms with Crippen LogP contribution in [0, 0.1) is 0 Å². The summed E-state index contributed by atoms with van der Waals surface area (Å²) in [4.78, 5) is 6.48. The predicted molar refractivity (Wildman–Crippen MR) is 84.7 cm³/mol. The Bertz CT molecular complexity index is 587. The van der Waals surface area contributed by atoms with Crippen molar-refractivity contribution in [2.75, 3.05) is 19.1 Å². The molecule has 1 N–H and O–H groups in total. The molecule has 4 heteroatoms. The van der Waals surface area contributed by atoms with Crippen LogP contribution in [0.15, 0.2) is 42.6 Å². The fourth-order valence-electron chi connectivity index (χ4n) is 2.41. The van der Waals surface area contributed by atoms with Crippen molar-refractivity contribution in [3.05, 3.63) is 53.7 Å². The van der Waals surface area contributed by atoms with Crippen molar-refractivity contribution in [3.63, 3.8) is 0 Å². The minimum absolute atomic E-state index is 0.00507. The molecule has 2 rings (SSSR count). The lowest BCUT2D eigenvalue weighted by Crippen LogP contribution is -2.32. The zero-order chi connectivity index (χ0) is 15.2. The van der Waals surface area contributed by atoms with Gasteiger partial charge in [0.2, 0.25) is 0 Å². The number of para-hydroxylation sites is 1. The third kappa shape index (κ3) is 3.52. The maximum atomic E-state index is 9.43. The number of aromatic nitrogens is 1. The Morgan fingerprint density at radius 1 is 1.19 bits per heavy atom. The second-order valence-electron chi connectivity index (χ2n) is 5.12. The largest absolute Gasteiger partial charge is 0.496 e. The maximum Gasteiger partial charge on any atom is 0.134 e. The Morgan fingerprint density at radius 3 is 2.62 bits per heavy atom. The molecule has 0 bridgehead atoms. The smallest absolute Gasteiger partial charge is 0.134 e. The molecule has 0 aliphatic carbocycles. The highest BCUT2D eigenvalue weighted by molar-refractivity contribution is 5.47. The molecule has 2 aromatic rings. The van der Waals surface area contributed by atoms with E-state index >= 15 is 0 Å². The minimum atomic E-state index is -0.00507. The lowest BCUT2D eigenvalue weighted by molar-refractivity contribution is 0.281. The first-order valence-corrected chi connectivity index (χ1v) is 7.06. The van der Waals surface area contributed by atoms with Crippen LogP contribution in [0.3, 0.4) is 0 Å². The van der Waals surface area contributed by atoms with Crippen LogP contribution in [-0.2, 0) is 13.0 Å². The van der Waals surface area contributed by atoms with Crippen molar-refractivity contribution in [1.82, 2.24) is 4.98 Å². The molecular formula is C17H22N2O2. The topological polar surface area (TPSA) is 45.6 Å². The number of ether oxygens (including phenoxy) is 1. The average molecular weight is 286 g/mol. The molecule has 0 spiro atoms. The Balaban J connectivity index is 2.17. The summed E-state index contributed by atoms with van der Waals surface area (Å²) in [5.74, 6) is 1.73. The quantitative estimate of drug-likeness (QED) is 0.887. The fourth-order valence-corrected chi connectivity index (χ4v) is 2.41. The summed E-state index contributed by atoms with van der Waals surface area (Å²) in [6.07, 6.45) is 2.60. The lowest BCUT2D eigenvalue weighted by Gasteiger charge is -2.28. The van der Waals surface area contributed by atoms with Crippen molar-refractivity contribution in [2.45, 2.75) is 26.0 Å². The highest BCUT2D eigenvalue weighted by atomic mass is 16.5. The molecule has 1 aromatic heterocycles. The number of anilines is 1. The van der Waals surface area contributed by atoms with Crippen molar-refractivity contribution in [1.29, 1.82) is 0 Å². The van der Waals surface area contributed by atoms with Gasteiger partial charge >= 0.3 is 0 Å². The van der Waals surface area contributed by atoms with Gasteiger partial charge in [-0.25, -0.2) is 4.98 Å². The Morgan fingerprint density at radius 2 is 1.90 bits per heavy atom. The second kappa shape index (κ2) is 7.09. The molecule has 0 saturated heterocycles. The maximum absolute atomic E-state index is 9.43. The summed E-state index contributed by atoms with van der Waals surface area (Å²) in [6, 6.07) is 12.0. The van der Waals surface area contributed by atoms with Gasteiger partial charge in [-0.3, -0.25) is 0 Å². The number of benzene rings is 1. The van der Waals surface area contributed by atoms with E-state index in [1.807, 2.05) is 37.4 Å². The van der Waals surface area contributed by atoms with Gasteiger partial charge in [0.15, 0.2) is 0 Å². The normalized spacial score (nSPS) is 12.0. The average Bonchev–Trinajstić information content (AvgIpc) is 2.54. The van der Waals surface area contributed by atoms with Crippen LogP contribution in [0.2, 0.25) is 0 Å². The zero-order valence-electron chi connectivity index (χ0n) is 12.8. The van der Waals surface area contributed by atoms with Crippen LogP contribution in [0.1, 0.15) is 18.1 Å². The number of aliphatic hydroxyl groups excluding tert-OH is 1. The predicted octanol–water partition coefficient (Wildman–Crippen LogP) is 2.65. The highest BCUT2D eigenvalue weighted by Gasteiger charge is 2.16. The summed E-state index contributed by atoms with van der Waals surface area (Å²) in [5.41, 5.74) is 2.01. The van der Waals surface area contributed by atoms with Gasteiger partial charge < -0.3 is 14.7 Å². The van der Waals surface area contributed by atoms with Crippen LogP contribution in [0.25, 0.3) is 0 Å². The van der Waals surface area contributed by atoms with Crippen molar-refractivity contribution < 1.29 is 9.84 Å². The molecule has 0 aliphatic rings. The van der Waals surface area contributed by atoms with E-state index in [-0.39, 0.29) is 12.6 Å². The second-order valence-corrected chi connectivity index (χ2v) is 5.12. The van der Waals surface area contributed by atoms with Gasteiger partial charge in [0.1, 0.15) is 11.6 Å². The van der Waals surface area contributed by atoms with E-state index in [0.717, 1.165) is 23.6 Å². The molecule has 0 amide bonds. The van der Waals surface area contributed by atoms with Gasteiger partial charge in [-0.05, 0) is 31.0 Å². The van der Waals surface area contributed by atoms with E-state index in [4.69, 9.17) is 4.74 Å². The SMILES string of the molecule is COc1ccccc1CC(C)N(C)c1ncccc1CO. The molecule has 1 atom stereocenters. The number of aliphatic hydroxyl groups is 1. The molecule has 0 aliphatic heterocycles. The minimum Gasteiger partial charge on any atom is -0.496 e. The van der Waals surface area contributed by atoms with Crippen LogP contribution >= 0.6 is 0 Å². The number of rotatable bonds is 6. The third-order valence-electron chi connectivity index (χ3n) is 3.74. The van der Waals surface area contributed by atoms with Gasteiger partial charge in [-0.2, -0.15) is 0 Å². The van der Waals surface area contributed by atoms with Crippen LogP contribution in [-0.4, -0.2) is 30.3 Å². The van der Waals surface area contributed by atoms with E-state index < -0.39 is 0 Å². The van der Waals surface area contributed by atoms with Crippen molar-refractivity contribution in [3.8, 4) is 5.75 Å². The van der Waals surface area contributed by atoms with Gasteiger partial charge in [-0.15, -0.1) is 0 Å². The Kier molecular flexibility index (Phi) is 5.17. The highest BCUT2D eigenvalue weighted by Crippen LogP contribution is 2.23. The van der Waals surface area contributed by atoms with Crippen LogP contribution in [0.5, 0.6) is 5.75 Å². The van der Waals surface area contributed by atoms with Crippen LogP contribution < -0.4 is 9.64 Å². The number of hydrogen-bond acceptors (Lipinski definition) is 4. The van der Waals surface area contributed by atoms with Gasteiger partial charge in [0.05, 0.1) is 13.7 Å². The number of methoxy groups -OCH3 is 1. The van der Waals surface area contributed by atoms with E-state index in [9.17, 15) is 5.11 Å². The molecule has 1 unspecified atom stereocenters. The molecular weight excluding hydrogens is 264 g/mol. The van der Waals surface area contributed by atoms with Crippen molar-refractivity contribution in [2.24, 2.45) is 0 Å². The van der Waals surface area contributed by atoms with E-state index in [2.05, 4.69) is 22.9 Å². The summed E-state index contributed by atoms with van der Waals surface area (Å²) in [5, 5.41) is 9.43. The first kappa shape index (κ1) is 15.3. The number of hydrogen-bond donors (Lipinski definition) is 1. The molecule has 0 radical (unpaired) electrons. The Hall–Kier alpha value is -2.07. The summed E-state index contributed by atoms with van der Waals surface area (Å²) < 4.78 is 5.40. The van der Waals surface area contributed by atoms with Crippen LogP contribution in [0.4, 0.5) is 5.82 Å². The summed E-state index contributed by atoms with van der Waals surface area (Å²) in [7, 11) is 3.69. The van der Waals surface area contributed by atoms with Gasteiger partial charge in [0, 0.05) is 24.8 Å². The lowest BCUT2D eigenvalue weighted by atomic mass is 10.0. The third-order valence-corrected chi connectivity index (χ3v) is 3.74. The molecule has 1 heterocycles. The number of likely N-dealkylation sites (N-methyl/N-ethyl adjacent to an activating group) is 1. The molecule has 112 valence electrons. The molecule has 21 heavy (non-hydrogen) atoms. The summed E-state index contributed by atoms with van der Waals surface area (Å²) in [6.45, 7) is 2.14. The first-order valence-electron chi connectivity index (χ1n) is 7.06. The molecule has 1 aromatic carbocycles. The zero-order valence-corrected chi connectivity index (χ0v) is 12.8. The van der Waals surface area contributed by atoms with E-state index in [1.165, 1.54) is 5.56 Å². The van der Waals surface area contributed by atoms with Gasteiger partial charge in [-0.1, -0.05) is 24.3 Å². The van der Waals surface area contributed by atoms with E-state index in [1.54, 1.807) is 13.3 Å². The standard InChI is InChI=1S/C17H22N2O2/c1-13(11-14-7-4-5-9-16(14)21-3)19(2)17-15(12-20)8-6-10-18-17/h4-10,13,20H,11-12H2,1-3H3. The molecule has 0 fully saturated rings. The summed E-state index contributed by atoms with van der Waals surface area (Å²) >= 11 is 0. The molecule has 0 saturated carbocycles. The van der Waals surface area contributed by atoms with E-state index in [0.29, 0.717) is 0 Å². The van der Waals surface area contributed by atoms with Crippen molar-refractivity contribution >= 4 is 5.82 Å². The van der Waals surface area contributed by atoms with Gasteiger partial charge in [0.25, 0.3) is 0 Å². The fraction of sp³-hybridized carbons (Fsp3) is 0.353. The molecule has 4 nitrogen and oxygen atoms in total. The first-order chi connectivity index (χ1) is 10.2. The monoisotopic (exact) mass is 286 g/mol.